The third-order valence-electron chi connectivity index (χ3n) is 7.47. The first kappa shape index (κ1) is 23.7. The van der Waals surface area contributed by atoms with Gasteiger partial charge >= 0.3 is 5.97 Å². The Hall–Kier alpha value is -3.00. The number of hydrogen-bond donors (Lipinski definition) is 1. The van der Waals surface area contributed by atoms with Crippen molar-refractivity contribution in [2.75, 3.05) is 6.54 Å². The number of fused-ring (bicyclic) bond motifs is 3. The lowest BCUT2D eigenvalue weighted by molar-refractivity contribution is -0.143. The van der Waals surface area contributed by atoms with Crippen LogP contribution in [0.5, 0.6) is 0 Å². The van der Waals surface area contributed by atoms with Crippen molar-refractivity contribution in [2.45, 2.75) is 51.6 Å². The Morgan fingerprint density at radius 2 is 1.91 bits per heavy atom. The number of benzene rings is 1. The van der Waals surface area contributed by atoms with Crippen molar-refractivity contribution in [3.8, 4) is 0 Å². The molecule has 0 saturated heterocycles. The standard InChI is InChI=1S/C26H26ClF2N3O3/c27-23-20(28)8-7-17(24(23)29)13-32-21-14-31(11-9-18(21)19-2-1-10-30-25(19)32)22(33)12-15-3-5-16(6-4-15)26(34)35/h1-2,7-8,10,15-16H,3-6,9,11-14H2,(H,34,35)/t15-,16-. The summed E-state index contributed by atoms with van der Waals surface area (Å²) >= 11 is 5.81. The maximum absolute atomic E-state index is 14.7. The van der Waals surface area contributed by atoms with Crippen LogP contribution in [0.25, 0.3) is 11.0 Å². The third kappa shape index (κ3) is 4.51. The van der Waals surface area contributed by atoms with Crippen molar-refractivity contribution in [1.29, 1.82) is 0 Å². The molecule has 0 radical (unpaired) electrons. The Bertz CT molecular complexity index is 1300. The summed E-state index contributed by atoms with van der Waals surface area (Å²) in [7, 11) is 0. The molecular weight excluding hydrogens is 476 g/mol. The second-order valence-electron chi connectivity index (χ2n) is 9.55. The highest BCUT2D eigenvalue weighted by atomic mass is 35.5. The summed E-state index contributed by atoms with van der Waals surface area (Å²) < 4.78 is 30.3. The SMILES string of the molecule is O=C(C[C@H]1CC[C@H](C(=O)O)CC1)N1CCc2c(n(Cc3ccc(F)c(Cl)c3F)c3ncccc23)C1. The van der Waals surface area contributed by atoms with Crippen LogP contribution in [0.15, 0.2) is 30.5 Å². The molecule has 0 atom stereocenters. The zero-order valence-electron chi connectivity index (χ0n) is 19.1. The number of carbonyl (C=O) groups is 2. The summed E-state index contributed by atoms with van der Waals surface area (Å²) in [6, 6.07) is 6.37. The van der Waals surface area contributed by atoms with Gasteiger partial charge in [-0.1, -0.05) is 17.7 Å². The molecule has 35 heavy (non-hydrogen) atoms. The fraction of sp³-hybridized carbons (Fsp3) is 0.423. The normalized spacial score (nSPS) is 20.1. The number of carbonyl (C=O) groups excluding carboxylic acids is 1. The first-order valence-electron chi connectivity index (χ1n) is 11.9. The Morgan fingerprint density at radius 1 is 1.14 bits per heavy atom. The molecule has 1 saturated carbocycles. The van der Waals surface area contributed by atoms with E-state index < -0.39 is 22.6 Å². The molecule has 1 amide bonds. The molecule has 1 aliphatic carbocycles. The number of aliphatic carboxylic acids is 1. The number of pyridine rings is 1. The molecule has 1 fully saturated rings. The number of carboxylic acid groups (broad SMARTS) is 1. The largest absolute Gasteiger partial charge is 0.481 e. The molecule has 9 heteroatoms. The number of carboxylic acids is 1. The van der Waals surface area contributed by atoms with Gasteiger partial charge in [0.25, 0.3) is 0 Å². The molecule has 6 nitrogen and oxygen atoms in total. The number of rotatable bonds is 5. The van der Waals surface area contributed by atoms with Gasteiger partial charge in [0.2, 0.25) is 5.91 Å². The van der Waals surface area contributed by atoms with Crippen molar-refractivity contribution in [3.63, 3.8) is 0 Å². The molecule has 2 aliphatic rings. The highest BCUT2D eigenvalue weighted by molar-refractivity contribution is 6.30. The average molecular weight is 502 g/mol. The smallest absolute Gasteiger partial charge is 0.306 e. The van der Waals surface area contributed by atoms with E-state index >= 15 is 0 Å². The summed E-state index contributed by atoms with van der Waals surface area (Å²) in [4.78, 5) is 30.7. The van der Waals surface area contributed by atoms with Gasteiger partial charge in [-0.3, -0.25) is 9.59 Å². The van der Waals surface area contributed by atoms with Crippen LogP contribution in [0.1, 0.15) is 48.9 Å². The molecule has 184 valence electrons. The van der Waals surface area contributed by atoms with E-state index in [0.29, 0.717) is 44.4 Å². The van der Waals surface area contributed by atoms with E-state index in [4.69, 9.17) is 11.6 Å². The monoisotopic (exact) mass is 501 g/mol. The van der Waals surface area contributed by atoms with Crippen LogP contribution in [0, 0.1) is 23.5 Å². The number of aromatic nitrogens is 2. The quantitative estimate of drug-likeness (QED) is 0.489. The minimum Gasteiger partial charge on any atom is -0.481 e. The van der Waals surface area contributed by atoms with Gasteiger partial charge in [0, 0.05) is 35.8 Å². The second kappa shape index (κ2) is 9.57. The second-order valence-corrected chi connectivity index (χ2v) is 9.92. The number of halogens is 3. The van der Waals surface area contributed by atoms with Crippen LogP contribution in [-0.4, -0.2) is 38.0 Å². The van der Waals surface area contributed by atoms with E-state index in [1.165, 1.54) is 6.07 Å². The van der Waals surface area contributed by atoms with Gasteiger partial charge < -0.3 is 14.6 Å². The van der Waals surface area contributed by atoms with E-state index in [9.17, 15) is 23.5 Å². The van der Waals surface area contributed by atoms with Gasteiger partial charge in [0.15, 0.2) is 0 Å². The zero-order valence-corrected chi connectivity index (χ0v) is 19.9. The van der Waals surface area contributed by atoms with Crippen molar-refractivity contribution >= 4 is 34.5 Å². The summed E-state index contributed by atoms with van der Waals surface area (Å²) in [5, 5.41) is 9.64. The molecule has 0 unspecified atom stereocenters. The van der Waals surface area contributed by atoms with E-state index in [-0.39, 0.29) is 29.9 Å². The van der Waals surface area contributed by atoms with Gasteiger partial charge in [0.1, 0.15) is 22.3 Å². The summed E-state index contributed by atoms with van der Waals surface area (Å²) in [6.45, 7) is 1.09. The highest BCUT2D eigenvalue weighted by Gasteiger charge is 2.31. The number of hydrogen-bond acceptors (Lipinski definition) is 3. The van der Waals surface area contributed by atoms with Crippen LogP contribution < -0.4 is 0 Å². The average Bonchev–Trinajstić information content (AvgIpc) is 3.17. The molecule has 1 N–H and O–H groups in total. The maximum Gasteiger partial charge on any atom is 0.306 e. The highest BCUT2D eigenvalue weighted by Crippen LogP contribution is 2.34. The first-order chi connectivity index (χ1) is 16.8. The van der Waals surface area contributed by atoms with Crippen LogP contribution >= 0.6 is 11.6 Å². The van der Waals surface area contributed by atoms with Crippen molar-refractivity contribution in [3.05, 3.63) is 63.9 Å². The molecule has 5 rings (SSSR count). The van der Waals surface area contributed by atoms with Gasteiger partial charge in [-0.2, -0.15) is 0 Å². The van der Waals surface area contributed by atoms with Crippen LogP contribution in [0.4, 0.5) is 8.78 Å². The lowest BCUT2D eigenvalue weighted by Crippen LogP contribution is -2.38. The minimum atomic E-state index is -0.806. The Kier molecular flexibility index (Phi) is 6.49. The number of nitrogens with zero attached hydrogens (tertiary/aromatic N) is 3. The number of amides is 1. The van der Waals surface area contributed by atoms with Crippen LogP contribution in [-0.2, 0) is 29.1 Å². The predicted molar refractivity (Wildman–Crippen MR) is 127 cm³/mol. The van der Waals surface area contributed by atoms with Crippen molar-refractivity contribution < 1.29 is 23.5 Å². The van der Waals surface area contributed by atoms with Crippen molar-refractivity contribution in [2.24, 2.45) is 11.8 Å². The van der Waals surface area contributed by atoms with Crippen LogP contribution in [0.3, 0.4) is 0 Å². The molecule has 1 aliphatic heterocycles. The van der Waals surface area contributed by atoms with E-state index in [2.05, 4.69) is 4.98 Å². The topological polar surface area (TPSA) is 75.4 Å². The molecule has 3 heterocycles. The van der Waals surface area contributed by atoms with E-state index in [1.807, 2.05) is 21.6 Å². The molecule has 2 aromatic heterocycles. The molecule has 3 aromatic rings. The summed E-state index contributed by atoms with van der Waals surface area (Å²) in [5.74, 6) is -2.41. The molecule has 0 spiro atoms. The van der Waals surface area contributed by atoms with Gasteiger partial charge in [-0.25, -0.2) is 13.8 Å². The minimum absolute atomic E-state index is 0.0511. The van der Waals surface area contributed by atoms with Gasteiger partial charge in [0.05, 0.1) is 19.0 Å². The lowest BCUT2D eigenvalue weighted by atomic mass is 9.80. The summed E-state index contributed by atoms with van der Waals surface area (Å²) in [5.41, 5.74) is 2.93. The fourth-order valence-electron chi connectivity index (χ4n) is 5.49. The third-order valence-corrected chi connectivity index (χ3v) is 7.82. The first-order valence-corrected chi connectivity index (χ1v) is 12.3. The van der Waals surface area contributed by atoms with E-state index in [1.54, 1.807) is 6.20 Å². The van der Waals surface area contributed by atoms with Gasteiger partial charge in [-0.15, -0.1) is 0 Å². The molecule has 0 bridgehead atoms. The van der Waals surface area contributed by atoms with Crippen LogP contribution in [0.2, 0.25) is 5.02 Å². The van der Waals surface area contributed by atoms with E-state index in [0.717, 1.165) is 35.6 Å². The predicted octanol–water partition coefficient (Wildman–Crippen LogP) is 5.18. The molecule has 1 aromatic carbocycles. The molecular formula is C26H26ClF2N3O3. The lowest BCUT2D eigenvalue weighted by Gasteiger charge is -2.31. The Labute approximate surface area is 206 Å². The summed E-state index contributed by atoms with van der Waals surface area (Å²) in [6.07, 6.45) is 5.46. The Balaban J connectivity index is 1.39. The Morgan fingerprint density at radius 3 is 2.66 bits per heavy atom. The van der Waals surface area contributed by atoms with Crippen molar-refractivity contribution in [1.82, 2.24) is 14.5 Å². The zero-order chi connectivity index (χ0) is 24.7. The van der Waals surface area contributed by atoms with Gasteiger partial charge in [-0.05, 0) is 61.8 Å². The fourth-order valence-corrected chi connectivity index (χ4v) is 5.68. The maximum atomic E-state index is 14.7.